The average Bonchev–Trinajstić information content (AvgIpc) is 2.15. The van der Waals surface area contributed by atoms with Crippen molar-refractivity contribution in [2.75, 3.05) is 0 Å². The van der Waals surface area contributed by atoms with E-state index in [2.05, 4.69) is 12.6 Å². The van der Waals surface area contributed by atoms with Gasteiger partial charge >= 0.3 is 0 Å². The summed E-state index contributed by atoms with van der Waals surface area (Å²) < 4.78 is 25.2. The third-order valence-corrected chi connectivity index (χ3v) is 2.76. The Balaban J connectivity index is 3.24. The second-order valence-electron chi connectivity index (χ2n) is 3.09. The van der Waals surface area contributed by atoms with Gasteiger partial charge in [0.15, 0.2) is 5.78 Å². The first kappa shape index (κ1) is 12.5. The zero-order chi connectivity index (χ0) is 11.6. The molecule has 1 aromatic rings. The van der Waals surface area contributed by atoms with Crippen LogP contribution in [-0.2, 0) is 4.79 Å². The van der Waals surface area contributed by atoms with Crippen molar-refractivity contribution in [2.24, 2.45) is 0 Å². The third kappa shape index (κ3) is 2.92. The topological polar surface area (TPSA) is 17.1 Å². The first-order chi connectivity index (χ1) is 6.93. The lowest BCUT2D eigenvalue weighted by Gasteiger charge is -2.12. The molecule has 0 fully saturated rings. The molecule has 0 N–H and O–H groups in total. The number of hydrogen-bond acceptors (Lipinski definition) is 2. The van der Waals surface area contributed by atoms with E-state index in [0.29, 0.717) is 4.90 Å². The number of hydrogen-bond donors (Lipinski definition) is 1. The number of alkyl halides is 3. The molecule has 1 rings (SSSR count). The van der Waals surface area contributed by atoms with E-state index in [9.17, 15) is 13.6 Å². The first-order valence-corrected chi connectivity index (χ1v) is 5.07. The molecule has 0 aliphatic carbocycles. The molecule has 0 bridgehead atoms. The van der Waals surface area contributed by atoms with Crippen LogP contribution in [0.1, 0.15) is 29.9 Å². The van der Waals surface area contributed by atoms with Crippen molar-refractivity contribution < 1.29 is 13.6 Å². The number of thiol groups is 1. The summed E-state index contributed by atoms with van der Waals surface area (Å²) in [6.45, 7) is 1.26. The predicted molar refractivity (Wildman–Crippen MR) is 57.9 cm³/mol. The number of Topliss-reactive ketones (excluding diaryl/α,β-unsaturated/α-hetero) is 1. The lowest BCUT2D eigenvalue weighted by molar-refractivity contribution is -0.116. The normalized spacial score (nSPS) is 12.9. The maximum absolute atomic E-state index is 12.6. The molecule has 0 aliphatic rings. The van der Waals surface area contributed by atoms with Crippen molar-refractivity contribution in [3.63, 3.8) is 0 Å². The number of benzene rings is 1. The highest BCUT2D eigenvalue weighted by atomic mass is 35.5. The van der Waals surface area contributed by atoms with Gasteiger partial charge in [-0.15, -0.1) is 24.2 Å². The van der Waals surface area contributed by atoms with E-state index in [1.54, 1.807) is 0 Å². The molecular weight excluding hydrogens is 242 g/mol. The quantitative estimate of drug-likeness (QED) is 0.638. The van der Waals surface area contributed by atoms with E-state index >= 15 is 0 Å². The van der Waals surface area contributed by atoms with E-state index in [0.717, 1.165) is 0 Å². The fraction of sp³-hybridized carbons (Fsp3) is 0.300. The SMILES string of the molecule is CC(=O)C(Cl)c1cc(S)ccc1C(F)F. The largest absolute Gasteiger partial charge is 0.298 e. The van der Waals surface area contributed by atoms with Crippen LogP contribution in [0.2, 0.25) is 0 Å². The molecule has 1 unspecified atom stereocenters. The van der Waals surface area contributed by atoms with Crippen LogP contribution in [0, 0.1) is 0 Å². The molecule has 1 aromatic carbocycles. The van der Waals surface area contributed by atoms with E-state index in [1.165, 1.54) is 25.1 Å². The Kier molecular flexibility index (Phi) is 4.11. The Bertz CT molecular complexity index is 382. The maximum atomic E-state index is 12.6. The van der Waals surface area contributed by atoms with E-state index < -0.39 is 11.8 Å². The number of ketones is 1. The second kappa shape index (κ2) is 4.94. The van der Waals surface area contributed by atoms with Gasteiger partial charge in [0, 0.05) is 10.5 Å². The van der Waals surface area contributed by atoms with Crippen LogP contribution in [0.5, 0.6) is 0 Å². The molecule has 0 heterocycles. The highest BCUT2D eigenvalue weighted by Crippen LogP contribution is 2.32. The van der Waals surface area contributed by atoms with Gasteiger partial charge in [0.25, 0.3) is 6.43 Å². The van der Waals surface area contributed by atoms with E-state index in [-0.39, 0.29) is 16.9 Å². The smallest absolute Gasteiger partial charge is 0.264 e. The van der Waals surface area contributed by atoms with Gasteiger partial charge in [0.05, 0.1) is 0 Å². The molecule has 0 aromatic heterocycles. The molecule has 1 nitrogen and oxygen atoms in total. The summed E-state index contributed by atoms with van der Waals surface area (Å²) in [5, 5.41) is -1.04. The van der Waals surface area contributed by atoms with Crippen molar-refractivity contribution in [3.8, 4) is 0 Å². The molecule has 0 radical (unpaired) electrons. The standard InChI is InChI=1S/C10H9ClF2OS/c1-5(14)9(11)8-4-6(15)2-3-7(8)10(12)13/h2-4,9-10,15H,1H3. The van der Waals surface area contributed by atoms with Crippen molar-refractivity contribution >= 4 is 30.0 Å². The van der Waals surface area contributed by atoms with Gasteiger partial charge in [0.1, 0.15) is 5.38 Å². The Labute approximate surface area is 96.8 Å². The summed E-state index contributed by atoms with van der Waals surface area (Å²) in [5.41, 5.74) is -0.0883. The second-order valence-corrected chi connectivity index (χ2v) is 4.04. The Morgan fingerprint density at radius 1 is 1.40 bits per heavy atom. The van der Waals surface area contributed by atoms with Gasteiger partial charge in [-0.25, -0.2) is 8.78 Å². The molecule has 0 spiro atoms. The summed E-state index contributed by atoms with van der Waals surface area (Å²) in [6.07, 6.45) is -2.64. The highest BCUT2D eigenvalue weighted by Gasteiger charge is 2.21. The third-order valence-electron chi connectivity index (χ3n) is 1.94. The van der Waals surface area contributed by atoms with Crippen molar-refractivity contribution in [1.29, 1.82) is 0 Å². The molecule has 0 saturated heterocycles. The highest BCUT2D eigenvalue weighted by molar-refractivity contribution is 7.80. The zero-order valence-corrected chi connectivity index (χ0v) is 9.53. The van der Waals surface area contributed by atoms with Crippen LogP contribution < -0.4 is 0 Å². The summed E-state index contributed by atoms with van der Waals surface area (Å²) in [4.78, 5) is 11.5. The minimum absolute atomic E-state index is 0.131. The number of rotatable bonds is 3. The number of carbonyl (C=O) groups excluding carboxylic acids is 1. The summed E-state index contributed by atoms with van der Waals surface area (Å²) in [5.74, 6) is -0.363. The van der Waals surface area contributed by atoms with Crippen LogP contribution >= 0.6 is 24.2 Å². The molecule has 0 aliphatic heterocycles. The van der Waals surface area contributed by atoms with Crippen LogP contribution in [0.15, 0.2) is 23.1 Å². The Morgan fingerprint density at radius 2 is 2.00 bits per heavy atom. The Morgan fingerprint density at radius 3 is 2.47 bits per heavy atom. The number of halogens is 3. The molecular formula is C10H9ClF2OS. The van der Waals surface area contributed by atoms with Gasteiger partial charge < -0.3 is 0 Å². The maximum Gasteiger partial charge on any atom is 0.264 e. The predicted octanol–water partition coefficient (Wildman–Crippen LogP) is 3.78. The molecule has 5 heteroatoms. The fourth-order valence-electron chi connectivity index (χ4n) is 1.20. The fourth-order valence-corrected chi connectivity index (χ4v) is 1.60. The average molecular weight is 251 g/mol. The van der Waals surface area contributed by atoms with Crippen LogP contribution in [-0.4, -0.2) is 5.78 Å². The summed E-state index contributed by atoms with van der Waals surface area (Å²) >= 11 is 9.76. The monoisotopic (exact) mass is 250 g/mol. The van der Waals surface area contributed by atoms with E-state index in [4.69, 9.17) is 11.6 Å². The lowest BCUT2D eigenvalue weighted by atomic mass is 10.0. The van der Waals surface area contributed by atoms with Gasteiger partial charge in [0.2, 0.25) is 0 Å². The van der Waals surface area contributed by atoms with Gasteiger partial charge in [-0.05, 0) is 24.6 Å². The molecule has 0 saturated carbocycles. The van der Waals surface area contributed by atoms with Crippen molar-refractivity contribution in [3.05, 3.63) is 29.3 Å². The van der Waals surface area contributed by atoms with Gasteiger partial charge in [-0.2, -0.15) is 0 Å². The first-order valence-electron chi connectivity index (χ1n) is 4.19. The van der Waals surface area contributed by atoms with Gasteiger partial charge in [-0.3, -0.25) is 4.79 Å². The molecule has 1 atom stereocenters. The van der Waals surface area contributed by atoms with Crippen LogP contribution in [0.4, 0.5) is 8.78 Å². The zero-order valence-electron chi connectivity index (χ0n) is 7.88. The lowest BCUT2D eigenvalue weighted by Crippen LogP contribution is -2.05. The Hall–Kier alpha value is -0.610. The van der Waals surface area contributed by atoms with Crippen LogP contribution in [0.3, 0.4) is 0 Å². The minimum atomic E-state index is -2.64. The minimum Gasteiger partial charge on any atom is -0.298 e. The van der Waals surface area contributed by atoms with Gasteiger partial charge in [-0.1, -0.05) is 6.07 Å². The summed E-state index contributed by atoms with van der Waals surface area (Å²) in [6, 6.07) is 4.07. The van der Waals surface area contributed by atoms with Crippen molar-refractivity contribution in [1.82, 2.24) is 0 Å². The molecule has 15 heavy (non-hydrogen) atoms. The molecule has 0 amide bonds. The van der Waals surface area contributed by atoms with E-state index in [1.807, 2.05) is 0 Å². The van der Waals surface area contributed by atoms with Crippen LogP contribution in [0.25, 0.3) is 0 Å². The summed E-state index contributed by atoms with van der Waals surface area (Å²) in [7, 11) is 0. The molecule has 82 valence electrons. The van der Waals surface area contributed by atoms with Crippen molar-refractivity contribution in [2.45, 2.75) is 23.6 Å². The number of carbonyl (C=O) groups is 1.